The van der Waals surface area contributed by atoms with Crippen LogP contribution in [-0.4, -0.2) is 37.8 Å². The molecule has 0 amide bonds. The van der Waals surface area contributed by atoms with Gasteiger partial charge in [-0.25, -0.2) is 4.68 Å². The maximum atomic E-state index is 11.6. The van der Waals surface area contributed by atoms with Crippen molar-refractivity contribution < 1.29 is 9.90 Å². The predicted molar refractivity (Wildman–Crippen MR) is 105 cm³/mol. The van der Waals surface area contributed by atoms with E-state index in [0.717, 1.165) is 35.3 Å². The number of hydrogen-bond donors (Lipinski definition) is 1. The first-order valence-corrected chi connectivity index (χ1v) is 9.31. The number of aliphatic carboxylic acids is 1. The average molecular weight is 361 g/mol. The fraction of sp³-hybridized carbons (Fsp3) is 0.273. The minimum atomic E-state index is -0.779. The predicted octanol–water partition coefficient (Wildman–Crippen LogP) is 3.98. The number of rotatable bonds is 7. The van der Waals surface area contributed by atoms with Crippen molar-refractivity contribution in [2.75, 3.05) is 0 Å². The zero-order valence-electron chi connectivity index (χ0n) is 15.3. The second-order valence-corrected chi connectivity index (χ2v) is 7.07. The van der Waals surface area contributed by atoms with Crippen molar-refractivity contribution in [1.29, 1.82) is 0 Å². The van der Waals surface area contributed by atoms with Gasteiger partial charge in [-0.3, -0.25) is 9.69 Å². The van der Waals surface area contributed by atoms with E-state index in [4.69, 9.17) is 5.10 Å². The lowest BCUT2D eigenvalue weighted by Gasteiger charge is -2.26. The number of carboxylic acid groups (broad SMARTS) is 1. The van der Waals surface area contributed by atoms with E-state index in [2.05, 4.69) is 4.90 Å². The van der Waals surface area contributed by atoms with Crippen molar-refractivity contribution in [3.8, 4) is 16.9 Å². The van der Waals surface area contributed by atoms with Crippen LogP contribution in [0.1, 0.15) is 25.3 Å². The second kappa shape index (κ2) is 7.37. The van der Waals surface area contributed by atoms with E-state index in [9.17, 15) is 9.90 Å². The van der Waals surface area contributed by atoms with E-state index in [0.29, 0.717) is 12.6 Å². The summed E-state index contributed by atoms with van der Waals surface area (Å²) in [5.41, 5.74) is 3.99. The third kappa shape index (κ3) is 3.78. The summed E-state index contributed by atoms with van der Waals surface area (Å²) >= 11 is 0. The third-order valence-corrected chi connectivity index (χ3v) is 5.08. The molecule has 2 aromatic carbocycles. The quantitative estimate of drug-likeness (QED) is 0.692. The van der Waals surface area contributed by atoms with Crippen LogP contribution in [-0.2, 0) is 11.3 Å². The molecule has 5 nitrogen and oxygen atoms in total. The van der Waals surface area contributed by atoms with Crippen LogP contribution in [0.5, 0.6) is 0 Å². The van der Waals surface area contributed by atoms with Crippen LogP contribution in [0.2, 0.25) is 0 Å². The lowest BCUT2D eigenvalue weighted by Crippen LogP contribution is -2.40. The maximum Gasteiger partial charge on any atom is 0.320 e. The maximum absolute atomic E-state index is 11.6. The van der Waals surface area contributed by atoms with Gasteiger partial charge in [-0.1, -0.05) is 48.5 Å². The molecule has 0 spiro atoms. The van der Waals surface area contributed by atoms with Gasteiger partial charge in [0.05, 0.1) is 11.4 Å². The Bertz CT molecular complexity index is 917. The number of para-hydroxylation sites is 1. The highest BCUT2D eigenvalue weighted by molar-refractivity contribution is 5.73. The van der Waals surface area contributed by atoms with E-state index in [1.165, 1.54) is 0 Å². The molecule has 27 heavy (non-hydrogen) atoms. The summed E-state index contributed by atoms with van der Waals surface area (Å²) in [6.07, 6.45) is 4.15. The molecule has 1 unspecified atom stereocenters. The molecule has 1 atom stereocenters. The molecule has 1 aliphatic rings. The minimum Gasteiger partial charge on any atom is -0.480 e. The first-order valence-electron chi connectivity index (χ1n) is 9.31. The van der Waals surface area contributed by atoms with E-state index in [-0.39, 0.29) is 0 Å². The van der Waals surface area contributed by atoms with Crippen molar-refractivity contribution in [2.24, 2.45) is 0 Å². The number of hydrogen-bond acceptors (Lipinski definition) is 3. The summed E-state index contributed by atoms with van der Waals surface area (Å²) in [4.78, 5) is 13.7. The molecule has 1 N–H and O–H groups in total. The van der Waals surface area contributed by atoms with Crippen LogP contribution < -0.4 is 0 Å². The summed E-state index contributed by atoms with van der Waals surface area (Å²) in [6, 6.07) is 19.9. The van der Waals surface area contributed by atoms with E-state index < -0.39 is 12.0 Å². The third-order valence-electron chi connectivity index (χ3n) is 5.08. The van der Waals surface area contributed by atoms with Crippen molar-refractivity contribution in [3.05, 3.63) is 72.4 Å². The monoisotopic (exact) mass is 361 g/mol. The number of benzene rings is 2. The average Bonchev–Trinajstić information content (AvgIpc) is 3.46. The smallest absolute Gasteiger partial charge is 0.320 e. The first kappa shape index (κ1) is 17.5. The molecule has 1 aliphatic carbocycles. The molecule has 1 heterocycles. The van der Waals surface area contributed by atoms with Gasteiger partial charge >= 0.3 is 5.97 Å². The van der Waals surface area contributed by atoms with Crippen LogP contribution in [0.15, 0.2) is 66.9 Å². The van der Waals surface area contributed by atoms with Gasteiger partial charge in [0, 0.05) is 29.9 Å². The molecule has 0 bridgehead atoms. The molecular formula is C22H23N3O2. The van der Waals surface area contributed by atoms with Crippen LogP contribution in [0, 0.1) is 0 Å². The Labute approximate surface area is 158 Å². The Kier molecular flexibility index (Phi) is 4.77. The zero-order valence-corrected chi connectivity index (χ0v) is 15.3. The van der Waals surface area contributed by atoms with E-state index in [1.807, 2.05) is 71.5 Å². The first-order chi connectivity index (χ1) is 13.1. The van der Waals surface area contributed by atoms with Crippen molar-refractivity contribution in [2.45, 2.75) is 38.4 Å². The van der Waals surface area contributed by atoms with Gasteiger partial charge in [0.15, 0.2) is 0 Å². The van der Waals surface area contributed by atoms with Gasteiger partial charge in [0.1, 0.15) is 6.04 Å². The Morgan fingerprint density at radius 1 is 1.15 bits per heavy atom. The van der Waals surface area contributed by atoms with E-state index >= 15 is 0 Å². The van der Waals surface area contributed by atoms with E-state index in [1.54, 1.807) is 6.92 Å². The molecule has 4 rings (SSSR count). The highest BCUT2D eigenvalue weighted by Crippen LogP contribution is 2.32. The molecule has 0 aliphatic heterocycles. The zero-order chi connectivity index (χ0) is 18.8. The standard InChI is InChI=1S/C22H23N3O2/c1-16(22(26)27)24(19-12-13-19)14-18-15-25(20-10-6-3-7-11-20)23-21(18)17-8-4-2-5-9-17/h2-11,15-16,19H,12-14H2,1H3,(H,26,27). The van der Waals surface area contributed by atoms with Gasteiger partial charge in [0.25, 0.3) is 0 Å². The normalized spacial score (nSPS) is 15.0. The number of nitrogens with zero attached hydrogens (tertiary/aromatic N) is 3. The Balaban J connectivity index is 1.74. The number of aromatic nitrogens is 2. The van der Waals surface area contributed by atoms with Crippen molar-refractivity contribution >= 4 is 5.97 Å². The highest BCUT2D eigenvalue weighted by atomic mass is 16.4. The van der Waals surface area contributed by atoms with Crippen LogP contribution in [0.25, 0.3) is 16.9 Å². The van der Waals surface area contributed by atoms with Gasteiger partial charge in [-0.2, -0.15) is 5.10 Å². The summed E-state index contributed by atoms with van der Waals surface area (Å²) in [7, 11) is 0. The van der Waals surface area contributed by atoms with Crippen LogP contribution >= 0.6 is 0 Å². The summed E-state index contributed by atoms with van der Waals surface area (Å²) in [5.74, 6) is -0.779. The lowest BCUT2D eigenvalue weighted by atomic mass is 10.1. The molecule has 138 valence electrons. The summed E-state index contributed by atoms with van der Waals surface area (Å²) in [6.45, 7) is 2.35. The Morgan fingerprint density at radius 3 is 2.37 bits per heavy atom. The number of carbonyl (C=O) groups is 1. The van der Waals surface area contributed by atoms with Crippen LogP contribution in [0.4, 0.5) is 0 Å². The molecule has 1 aromatic heterocycles. The molecule has 5 heteroatoms. The molecule has 1 saturated carbocycles. The molecule has 0 saturated heterocycles. The minimum absolute atomic E-state index is 0.347. The SMILES string of the molecule is CC(C(=O)O)N(Cc1cn(-c2ccccc2)nc1-c1ccccc1)C1CC1. The van der Waals surface area contributed by atoms with Gasteiger partial charge in [0.2, 0.25) is 0 Å². The van der Waals surface area contributed by atoms with Crippen molar-refractivity contribution in [1.82, 2.24) is 14.7 Å². The van der Waals surface area contributed by atoms with Crippen molar-refractivity contribution in [3.63, 3.8) is 0 Å². The van der Waals surface area contributed by atoms with Gasteiger partial charge < -0.3 is 5.11 Å². The summed E-state index contributed by atoms with van der Waals surface area (Å²) < 4.78 is 1.88. The molecular weight excluding hydrogens is 338 g/mol. The summed E-state index contributed by atoms with van der Waals surface area (Å²) in [5, 5.41) is 14.3. The lowest BCUT2D eigenvalue weighted by molar-refractivity contribution is -0.143. The fourth-order valence-electron chi connectivity index (χ4n) is 3.40. The Hall–Kier alpha value is -2.92. The molecule has 1 fully saturated rings. The highest BCUT2D eigenvalue weighted by Gasteiger charge is 2.35. The Morgan fingerprint density at radius 2 is 1.78 bits per heavy atom. The largest absolute Gasteiger partial charge is 0.480 e. The second-order valence-electron chi connectivity index (χ2n) is 7.07. The fourth-order valence-corrected chi connectivity index (χ4v) is 3.40. The topological polar surface area (TPSA) is 58.4 Å². The number of carboxylic acids is 1. The van der Waals surface area contributed by atoms with Gasteiger partial charge in [-0.15, -0.1) is 0 Å². The molecule has 0 radical (unpaired) electrons. The van der Waals surface area contributed by atoms with Gasteiger partial charge in [-0.05, 0) is 31.9 Å². The molecule has 3 aromatic rings. The van der Waals surface area contributed by atoms with Crippen LogP contribution in [0.3, 0.4) is 0 Å².